The van der Waals surface area contributed by atoms with Gasteiger partial charge in [-0.2, -0.15) is 0 Å². The number of ether oxygens (including phenoxy) is 2. The van der Waals surface area contributed by atoms with Crippen molar-refractivity contribution in [1.82, 2.24) is 0 Å². The van der Waals surface area contributed by atoms with Crippen LogP contribution in [0.4, 0.5) is 0 Å². The van der Waals surface area contributed by atoms with Gasteiger partial charge in [0.15, 0.2) is 6.54 Å². The number of morpholine rings is 1. The molecular weight excluding hydrogens is 266 g/mol. The number of esters is 1. The van der Waals surface area contributed by atoms with Crippen molar-refractivity contribution in [2.24, 2.45) is 16.7 Å². The van der Waals surface area contributed by atoms with Gasteiger partial charge in [0.05, 0.1) is 20.3 Å². The predicted octanol–water partition coefficient (Wildman–Crippen LogP) is 2.22. The van der Waals surface area contributed by atoms with Crippen LogP contribution in [0.3, 0.4) is 0 Å². The van der Waals surface area contributed by atoms with Gasteiger partial charge in [-0.1, -0.05) is 20.8 Å². The number of carbonyl (C=O) groups is 1. The maximum absolute atomic E-state index is 12.4. The molecule has 0 unspecified atom stereocenters. The molecule has 4 heteroatoms. The van der Waals surface area contributed by atoms with E-state index in [0.717, 1.165) is 37.2 Å². The molecule has 0 aromatic rings. The summed E-state index contributed by atoms with van der Waals surface area (Å²) in [5.74, 6) is 0.697. The number of hydrogen-bond donors (Lipinski definition) is 0. The fourth-order valence-electron chi connectivity index (χ4n) is 4.76. The predicted molar refractivity (Wildman–Crippen MR) is 80.7 cm³/mol. The normalized spacial score (nSPS) is 40.2. The molecule has 0 spiro atoms. The van der Waals surface area contributed by atoms with Gasteiger partial charge in [0, 0.05) is 5.41 Å². The SMILES string of the molecule is CC1(C)[C@@H]2CC[C@]1(C)[C@H](OC(=O)C[N+]1(C)CCOCC1)C2. The minimum Gasteiger partial charge on any atom is -0.458 e. The summed E-state index contributed by atoms with van der Waals surface area (Å²) in [7, 11) is 2.14. The first kappa shape index (κ1) is 15.3. The van der Waals surface area contributed by atoms with Gasteiger partial charge in [-0.15, -0.1) is 0 Å². The van der Waals surface area contributed by atoms with Gasteiger partial charge < -0.3 is 14.0 Å². The zero-order valence-electron chi connectivity index (χ0n) is 14.0. The molecule has 120 valence electrons. The van der Waals surface area contributed by atoms with Crippen LogP contribution in [0.25, 0.3) is 0 Å². The summed E-state index contributed by atoms with van der Waals surface area (Å²) >= 11 is 0. The number of quaternary nitrogens is 1. The summed E-state index contributed by atoms with van der Waals surface area (Å²) in [6, 6.07) is 0. The molecule has 0 radical (unpaired) electrons. The minimum absolute atomic E-state index is 0.0195. The number of likely N-dealkylation sites (N-methyl/N-ethyl adjacent to an activating group) is 1. The van der Waals surface area contributed by atoms with E-state index in [4.69, 9.17) is 9.47 Å². The Morgan fingerprint density at radius 3 is 2.48 bits per heavy atom. The zero-order chi connectivity index (χ0) is 15.3. The molecule has 0 aromatic carbocycles. The third-order valence-electron chi connectivity index (χ3n) is 7.05. The van der Waals surface area contributed by atoms with Crippen LogP contribution in [-0.4, -0.2) is 56.5 Å². The first-order valence-corrected chi connectivity index (χ1v) is 8.38. The zero-order valence-corrected chi connectivity index (χ0v) is 14.0. The fraction of sp³-hybridized carbons (Fsp3) is 0.941. The Hall–Kier alpha value is -0.610. The molecule has 2 bridgehead atoms. The molecule has 2 aliphatic carbocycles. The Morgan fingerprint density at radius 1 is 1.29 bits per heavy atom. The first-order chi connectivity index (χ1) is 9.77. The van der Waals surface area contributed by atoms with Crippen molar-refractivity contribution >= 4 is 5.97 Å². The number of nitrogens with zero attached hydrogens (tertiary/aromatic N) is 1. The molecule has 3 aliphatic rings. The Bertz CT molecular complexity index is 428. The molecule has 0 amide bonds. The van der Waals surface area contributed by atoms with Crippen LogP contribution in [0.2, 0.25) is 0 Å². The molecular formula is C17H30NO3+. The van der Waals surface area contributed by atoms with E-state index >= 15 is 0 Å². The standard InChI is InChI=1S/C17H30NO3/c1-16(2)13-5-6-17(16,3)14(11-13)21-15(19)12-18(4)7-9-20-10-8-18/h13-14H,5-12H2,1-4H3/q+1/t13-,14-,17-/m1/s1. The van der Waals surface area contributed by atoms with E-state index in [2.05, 4.69) is 27.8 Å². The molecule has 0 N–H and O–H groups in total. The van der Waals surface area contributed by atoms with Gasteiger partial charge in [-0.05, 0) is 30.6 Å². The molecule has 2 saturated carbocycles. The molecule has 0 aromatic heterocycles. The molecule has 3 rings (SSSR count). The average Bonchev–Trinajstić information content (AvgIpc) is 2.72. The Labute approximate surface area is 128 Å². The molecule has 21 heavy (non-hydrogen) atoms. The second-order valence-corrected chi connectivity index (χ2v) is 8.43. The minimum atomic E-state index is -0.0195. The lowest BCUT2D eigenvalue weighted by Gasteiger charge is -2.40. The van der Waals surface area contributed by atoms with Crippen LogP contribution in [0.15, 0.2) is 0 Å². The van der Waals surface area contributed by atoms with Crippen LogP contribution in [0, 0.1) is 16.7 Å². The third kappa shape index (κ3) is 2.40. The summed E-state index contributed by atoms with van der Waals surface area (Å²) < 4.78 is 12.1. The van der Waals surface area contributed by atoms with E-state index in [1.165, 1.54) is 12.8 Å². The molecule has 1 heterocycles. The first-order valence-electron chi connectivity index (χ1n) is 8.38. The second-order valence-electron chi connectivity index (χ2n) is 8.43. The summed E-state index contributed by atoms with van der Waals surface area (Å²) in [5, 5.41) is 0. The van der Waals surface area contributed by atoms with Gasteiger partial charge in [0.2, 0.25) is 0 Å². The van der Waals surface area contributed by atoms with Gasteiger partial charge in [0.1, 0.15) is 19.2 Å². The van der Waals surface area contributed by atoms with Crippen LogP contribution < -0.4 is 0 Å². The molecule has 1 saturated heterocycles. The monoisotopic (exact) mass is 296 g/mol. The van der Waals surface area contributed by atoms with Gasteiger partial charge in [-0.3, -0.25) is 0 Å². The smallest absolute Gasteiger partial charge is 0.362 e. The lowest BCUT2D eigenvalue weighted by atomic mass is 9.70. The summed E-state index contributed by atoms with van der Waals surface area (Å²) in [6.45, 7) is 10.8. The highest BCUT2D eigenvalue weighted by molar-refractivity contribution is 5.71. The topological polar surface area (TPSA) is 35.5 Å². The lowest BCUT2D eigenvalue weighted by molar-refractivity contribution is -0.910. The fourth-order valence-corrected chi connectivity index (χ4v) is 4.76. The Morgan fingerprint density at radius 2 is 1.95 bits per heavy atom. The quantitative estimate of drug-likeness (QED) is 0.592. The van der Waals surface area contributed by atoms with Gasteiger partial charge in [-0.25, -0.2) is 4.79 Å². The van der Waals surface area contributed by atoms with Crippen molar-refractivity contribution < 1.29 is 18.8 Å². The van der Waals surface area contributed by atoms with Crippen LogP contribution in [0.5, 0.6) is 0 Å². The Kier molecular flexibility index (Phi) is 3.61. The lowest BCUT2D eigenvalue weighted by Crippen LogP contribution is -2.55. The van der Waals surface area contributed by atoms with Gasteiger partial charge >= 0.3 is 5.97 Å². The number of fused-ring (bicyclic) bond motifs is 2. The van der Waals surface area contributed by atoms with E-state index in [-0.39, 0.29) is 17.5 Å². The van der Waals surface area contributed by atoms with E-state index in [1.807, 2.05) is 0 Å². The number of hydrogen-bond acceptors (Lipinski definition) is 3. The van der Waals surface area contributed by atoms with Crippen LogP contribution in [0.1, 0.15) is 40.0 Å². The number of rotatable bonds is 3. The molecule has 4 nitrogen and oxygen atoms in total. The highest BCUT2D eigenvalue weighted by Crippen LogP contribution is 2.66. The maximum Gasteiger partial charge on any atom is 0.362 e. The van der Waals surface area contributed by atoms with Crippen molar-refractivity contribution in [3.8, 4) is 0 Å². The van der Waals surface area contributed by atoms with Crippen LogP contribution >= 0.6 is 0 Å². The largest absolute Gasteiger partial charge is 0.458 e. The van der Waals surface area contributed by atoms with Gasteiger partial charge in [0.25, 0.3) is 0 Å². The highest BCUT2D eigenvalue weighted by atomic mass is 16.5. The van der Waals surface area contributed by atoms with E-state index in [9.17, 15) is 4.79 Å². The average molecular weight is 296 g/mol. The van der Waals surface area contributed by atoms with Crippen molar-refractivity contribution in [3.05, 3.63) is 0 Å². The third-order valence-corrected chi connectivity index (χ3v) is 7.05. The van der Waals surface area contributed by atoms with Crippen molar-refractivity contribution in [2.75, 3.05) is 39.9 Å². The van der Waals surface area contributed by atoms with E-state index < -0.39 is 0 Å². The molecule has 3 atom stereocenters. The molecule has 3 fully saturated rings. The summed E-state index contributed by atoms with van der Waals surface area (Å²) in [5.41, 5.74) is 0.465. The Balaban J connectivity index is 1.61. The van der Waals surface area contributed by atoms with Crippen molar-refractivity contribution in [2.45, 2.75) is 46.1 Å². The molecule has 1 aliphatic heterocycles. The van der Waals surface area contributed by atoms with Crippen molar-refractivity contribution in [3.63, 3.8) is 0 Å². The maximum atomic E-state index is 12.4. The number of carbonyl (C=O) groups excluding carboxylic acids is 1. The second kappa shape index (κ2) is 4.95. The summed E-state index contributed by atoms with van der Waals surface area (Å²) in [4.78, 5) is 12.4. The van der Waals surface area contributed by atoms with E-state index in [0.29, 0.717) is 17.9 Å². The van der Waals surface area contributed by atoms with Crippen molar-refractivity contribution in [1.29, 1.82) is 0 Å². The van der Waals surface area contributed by atoms with E-state index in [1.54, 1.807) is 0 Å². The van der Waals surface area contributed by atoms with Crippen LogP contribution in [-0.2, 0) is 14.3 Å². The highest BCUT2D eigenvalue weighted by Gasteiger charge is 2.63. The summed E-state index contributed by atoms with van der Waals surface area (Å²) in [6.07, 6.45) is 3.67.